The molecular weight excluding hydrogens is 502 g/mol. The number of imidazole rings is 1. The number of rotatable bonds is 5. The SMILES string of the molecule is C=Cc1ncc2n1CCN(C1N=C(OCC3CCCN3C)NC3=C1CCN(c1cc(O)cc4ccccc14)C3)C2. The second-order valence-corrected chi connectivity index (χ2v) is 11.3. The lowest BCUT2D eigenvalue weighted by Crippen LogP contribution is -2.50. The third kappa shape index (κ3) is 4.53. The fourth-order valence-electron chi connectivity index (χ4n) is 6.71. The largest absolute Gasteiger partial charge is 0.508 e. The van der Waals surface area contributed by atoms with Gasteiger partial charge >= 0.3 is 0 Å². The highest BCUT2D eigenvalue weighted by molar-refractivity contribution is 5.96. The molecule has 0 amide bonds. The molecule has 0 spiro atoms. The van der Waals surface area contributed by atoms with Crippen molar-refractivity contribution in [1.29, 1.82) is 0 Å². The zero-order chi connectivity index (χ0) is 27.2. The Labute approximate surface area is 235 Å². The van der Waals surface area contributed by atoms with E-state index in [4.69, 9.17) is 9.73 Å². The summed E-state index contributed by atoms with van der Waals surface area (Å²) in [5, 5.41) is 16.3. The Morgan fingerprint density at radius 1 is 1.15 bits per heavy atom. The maximum Gasteiger partial charge on any atom is 0.290 e. The van der Waals surface area contributed by atoms with Gasteiger partial charge < -0.3 is 29.5 Å². The Balaban J connectivity index is 1.19. The molecule has 1 saturated heterocycles. The molecule has 1 fully saturated rings. The summed E-state index contributed by atoms with van der Waals surface area (Å²) in [5.74, 6) is 1.22. The lowest BCUT2D eigenvalue weighted by molar-refractivity contribution is 0.157. The van der Waals surface area contributed by atoms with E-state index in [-0.39, 0.29) is 11.9 Å². The van der Waals surface area contributed by atoms with Gasteiger partial charge in [0, 0.05) is 55.1 Å². The number of nitrogens with one attached hydrogen (secondary N) is 1. The summed E-state index contributed by atoms with van der Waals surface area (Å²) < 4.78 is 8.63. The van der Waals surface area contributed by atoms with Crippen LogP contribution in [-0.4, -0.2) is 82.5 Å². The summed E-state index contributed by atoms with van der Waals surface area (Å²) in [6, 6.07) is 13.0. The average molecular weight is 540 g/mol. The number of aromatic hydroxyl groups is 1. The van der Waals surface area contributed by atoms with Crippen LogP contribution in [0.15, 0.2) is 65.4 Å². The molecule has 40 heavy (non-hydrogen) atoms. The number of hydrogen-bond donors (Lipinski definition) is 2. The second-order valence-electron chi connectivity index (χ2n) is 11.3. The first-order chi connectivity index (χ1) is 19.6. The number of hydrogen-bond acceptors (Lipinski definition) is 8. The molecule has 3 aromatic rings. The van der Waals surface area contributed by atoms with Crippen LogP contribution in [0.3, 0.4) is 0 Å². The molecule has 7 rings (SSSR count). The Hall–Kier alpha value is -3.82. The predicted molar refractivity (Wildman–Crippen MR) is 158 cm³/mol. The number of phenolic OH excluding ortho intramolecular Hbond substituents is 1. The number of benzene rings is 2. The van der Waals surface area contributed by atoms with Gasteiger partial charge in [-0.2, -0.15) is 0 Å². The maximum atomic E-state index is 10.5. The number of phenols is 1. The van der Waals surface area contributed by atoms with Crippen molar-refractivity contribution in [2.45, 2.75) is 44.6 Å². The van der Waals surface area contributed by atoms with Crippen LogP contribution < -0.4 is 10.2 Å². The molecule has 9 heteroatoms. The molecule has 0 radical (unpaired) electrons. The monoisotopic (exact) mass is 539 g/mol. The molecule has 0 saturated carbocycles. The predicted octanol–water partition coefficient (Wildman–Crippen LogP) is 3.76. The van der Waals surface area contributed by atoms with Crippen molar-refractivity contribution in [3.8, 4) is 5.75 Å². The molecule has 2 N–H and O–H groups in total. The van der Waals surface area contributed by atoms with Crippen LogP contribution in [0.4, 0.5) is 5.69 Å². The Morgan fingerprint density at radius 3 is 2.90 bits per heavy atom. The smallest absolute Gasteiger partial charge is 0.290 e. The van der Waals surface area contributed by atoms with Crippen molar-refractivity contribution < 1.29 is 9.84 Å². The molecule has 2 atom stereocenters. The van der Waals surface area contributed by atoms with Gasteiger partial charge in [-0.3, -0.25) is 4.90 Å². The molecule has 4 aliphatic rings. The zero-order valence-electron chi connectivity index (χ0n) is 23.1. The number of likely N-dealkylation sites (N-methyl/N-ethyl adjacent to an activating group) is 1. The maximum absolute atomic E-state index is 10.5. The standard InChI is InChI=1S/C31H37N7O2/c1-3-29-32-17-23-18-37(13-14-38(23)29)30-26-10-12-36(28-16-24(39)15-21-7-4-5-9-25(21)28)19-27(26)33-31(34-30)40-20-22-8-6-11-35(22)2/h3-5,7,9,15-17,22,30,39H,1,6,8,10-14,18-20H2,2H3,(H,33,34). The first kappa shape index (κ1) is 25.2. The minimum atomic E-state index is -0.0774. The topological polar surface area (TPSA) is 81.4 Å². The van der Waals surface area contributed by atoms with E-state index in [2.05, 4.69) is 61.4 Å². The second kappa shape index (κ2) is 10.3. The number of nitrogens with zero attached hydrogens (tertiary/aromatic N) is 6. The van der Waals surface area contributed by atoms with Crippen LogP contribution in [0, 0.1) is 0 Å². The molecule has 9 nitrogen and oxygen atoms in total. The number of amidine groups is 1. The first-order valence-electron chi connectivity index (χ1n) is 14.3. The number of fused-ring (bicyclic) bond motifs is 2. The summed E-state index contributed by atoms with van der Waals surface area (Å²) in [5.41, 5.74) is 4.72. The Morgan fingerprint density at radius 2 is 2.05 bits per heavy atom. The van der Waals surface area contributed by atoms with Crippen LogP contribution in [0.5, 0.6) is 5.75 Å². The zero-order valence-corrected chi connectivity index (χ0v) is 23.1. The Bertz CT molecular complexity index is 1510. The molecule has 208 valence electrons. The molecule has 4 aliphatic heterocycles. The van der Waals surface area contributed by atoms with Crippen LogP contribution in [-0.2, 0) is 17.8 Å². The van der Waals surface area contributed by atoms with Crippen LogP contribution >= 0.6 is 0 Å². The molecule has 2 aromatic carbocycles. The van der Waals surface area contributed by atoms with Crippen LogP contribution in [0.2, 0.25) is 0 Å². The third-order valence-corrected chi connectivity index (χ3v) is 8.92. The minimum absolute atomic E-state index is 0.0774. The van der Waals surface area contributed by atoms with Gasteiger partial charge in [-0.15, -0.1) is 0 Å². The van der Waals surface area contributed by atoms with Gasteiger partial charge in [-0.25, -0.2) is 9.98 Å². The third-order valence-electron chi connectivity index (χ3n) is 8.92. The first-order valence-corrected chi connectivity index (χ1v) is 14.3. The highest BCUT2D eigenvalue weighted by Crippen LogP contribution is 2.36. The van der Waals surface area contributed by atoms with E-state index in [0.717, 1.165) is 73.5 Å². The van der Waals surface area contributed by atoms with Crippen molar-refractivity contribution in [2.75, 3.05) is 44.7 Å². The molecule has 2 unspecified atom stereocenters. The highest BCUT2D eigenvalue weighted by Gasteiger charge is 2.36. The summed E-state index contributed by atoms with van der Waals surface area (Å²) in [6.45, 7) is 9.77. The summed E-state index contributed by atoms with van der Waals surface area (Å²) >= 11 is 0. The van der Waals surface area contributed by atoms with E-state index in [0.29, 0.717) is 25.2 Å². The van der Waals surface area contributed by atoms with Gasteiger partial charge in [0.15, 0.2) is 0 Å². The molecule has 0 aliphatic carbocycles. The van der Waals surface area contributed by atoms with Gasteiger partial charge in [0.1, 0.15) is 24.3 Å². The van der Waals surface area contributed by atoms with Gasteiger partial charge in [0.05, 0.1) is 18.4 Å². The normalized spacial score (nSPS) is 23.5. The van der Waals surface area contributed by atoms with E-state index in [1.54, 1.807) is 0 Å². The summed E-state index contributed by atoms with van der Waals surface area (Å²) in [4.78, 5) is 16.9. The number of aromatic nitrogens is 2. The van der Waals surface area contributed by atoms with E-state index < -0.39 is 0 Å². The van der Waals surface area contributed by atoms with Crippen molar-refractivity contribution >= 4 is 28.6 Å². The average Bonchev–Trinajstić information content (AvgIpc) is 3.59. The molecule has 1 aromatic heterocycles. The summed E-state index contributed by atoms with van der Waals surface area (Å²) in [7, 11) is 2.17. The lowest BCUT2D eigenvalue weighted by Gasteiger charge is -2.42. The van der Waals surface area contributed by atoms with Crippen molar-refractivity contribution in [3.63, 3.8) is 0 Å². The minimum Gasteiger partial charge on any atom is -0.508 e. The molecule has 0 bridgehead atoms. The number of likely N-dealkylation sites (tertiary alicyclic amines) is 1. The van der Waals surface area contributed by atoms with Gasteiger partial charge in [-0.05, 0) is 56.0 Å². The summed E-state index contributed by atoms with van der Waals surface area (Å²) in [6.07, 6.45) is 6.96. The number of anilines is 1. The van der Waals surface area contributed by atoms with Crippen LogP contribution in [0.25, 0.3) is 16.8 Å². The fraction of sp³-hybridized carbons (Fsp3) is 0.419. The molecular formula is C31H37N7O2. The number of aliphatic imine (C=N–C) groups is 1. The van der Waals surface area contributed by atoms with Crippen molar-refractivity contribution in [1.82, 2.24) is 24.7 Å². The van der Waals surface area contributed by atoms with Gasteiger partial charge in [-0.1, -0.05) is 30.8 Å². The van der Waals surface area contributed by atoms with Gasteiger partial charge in [0.25, 0.3) is 6.02 Å². The van der Waals surface area contributed by atoms with Crippen molar-refractivity contribution in [2.24, 2.45) is 4.99 Å². The van der Waals surface area contributed by atoms with E-state index in [1.165, 1.54) is 17.7 Å². The lowest BCUT2D eigenvalue weighted by atomic mass is 9.98. The van der Waals surface area contributed by atoms with E-state index in [1.807, 2.05) is 30.5 Å². The van der Waals surface area contributed by atoms with E-state index in [9.17, 15) is 5.11 Å². The van der Waals surface area contributed by atoms with E-state index >= 15 is 0 Å². The fourth-order valence-corrected chi connectivity index (χ4v) is 6.71. The van der Waals surface area contributed by atoms with Gasteiger partial charge in [0.2, 0.25) is 0 Å². The quantitative estimate of drug-likeness (QED) is 0.511. The molecule has 5 heterocycles. The van der Waals surface area contributed by atoms with Crippen LogP contribution in [0.1, 0.15) is 30.8 Å². The highest BCUT2D eigenvalue weighted by atomic mass is 16.5. The van der Waals surface area contributed by atoms with Crippen molar-refractivity contribution in [3.05, 3.63) is 72.0 Å². The number of ether oxygens (including phenoxy) is 1. The Kier molecular flexibility index (Phi) is 6.48.